The third-order valence-electron chi connectivity index (χ3n) is 1.15. The van der Waals surface area contributed by atoms with E-state index >= 15 is 0 Å². The summed E-state index contributed by atoms with van der Waals surface area (Å²) in [5, 5.41) is 8.76. The van der Waals surface area contributed by atoms with Gasteiger partial charge in [0.2, 0.25) is 0 Å². The summed E-state index contributed by atoms with van der Waals surface area (Å²) in [6.45, 7) is 0. The lowest BCUT2D eigenvalue weighted by molar-refractivity contribution is 0.186. The zero-order valence-electron chi connectivity index (χ0n) is 4.79. The summed E-state index contributed by atoms with van der Waals surface area (Å²) in [6, 6.07) is 0. The Morgan fingerprint density at radius 2 is 2.62 bits per heavy atom. The van der Waals surface area contributed by atoms with Gasteiger partial charge in [0, 0.05) is 12.8 Å². The second-order valence-corrected chi connectivity index (χ2v) is 1.75. The SMILES string of the molecule is COC1=NC(O)CC1. The average Bonchev–Trinajstić information content (AvgIpc) is 2.14. The van der Waals surface area contributed by atoms with Crippen LogP contribution in [0, 0.1) is 0 Å². The van der Waals surface area contributed by atoms with Gasteiger partial charge in [-0.25, -0.2) is 4.99 Å². The first kappa shape index (κ1) is 5.56. The molecule has 3 heteroatoms. The minimum Gasteiger partial charge on any atom is -0.484 e. The molecule has 0 spiro atoms. The molecule has 1 heterocycles. The summed E-state index contributed by atoms with van der Waals surface area (Å²) < 4.78 is 4.77. The van der Waals surface area contributed by atoms with Gasteiger partial charge in [-0.1, -0.05) is 0 Å². The molecule has 8 heavy (non-hydrogen) atoms. The lowest BCUT2D eigenvalue weighted by Gasteiger charge is -1.91. The van der Waals surface area contributed by atoms with Gasteiger partial charge in [-0.05, 0) is 0 Å². The summed E-state index contributed by atoms with van der Waals surface area (Å²) in [5.41, 5.74) is 0. The third-order valence-corrected chi connectivity index (χ3v) is 1.15. The molecule has 46 valence electrons. The number of aliphatic hydroxyl groups excluding tert-OH is 1. The summed E-state index contributed by atoms with van der Waals surface area (Å²) in [6.07, 6.45) is 0.978. The number of ether oxygens (including phenoxy) is 1. The quantitative estimate of drug-likeness (QED) is 0.488. The average molecular weight is 115 g/mol. The number of aliphatic hydroxyl groups is 1. The van der Waals surface area contributed by atoms with Crippen LogP contribution in [0.15, 0.2) is 4.99 Å². The van der Waals surface area contributed by atoms with E-state index in [0.717, 1.165) is 6.42 Å². The third kappa shape index (κ3) is 0.980. The van der Waals surface area contributed by atoms with Crippen molar-refractivity contribution in [3.63, 3.8) is 0 Å². The van der Waals surface area contributed by atoms with Gasteiger partial charge in [-0.15, -0.1) is 0 Å². The van der Waals surface area contributed by atoms with Crippen molar-refractivity contribution >= 4 is 5.90 Å². The molecule has 1 aliphatic heterocycles. The topological polar surface area (TPSA) is 41.8 Å². The maximum Gasteiger partial charge on any atom is 0.185 e. The van der Waals surface area contributed by atoms with Crippen molar-refractivity contribution in [3.05, 3.63) is 0 Å². The minimum atomic E-state index is -0.509. The van der Waals surface area contributed by atoms with Crippen LogP contribution in [0.4, 0.5) is 0 Å². The highest BCUT2D eigenvalue weighted by Gasteiger charge is 2.13. The molecule has 3 nitrogen and oxygen atoms in total. The standard InChI is InChI=1S/C5H9NO2/c1-8-5-3-2-4(7)6-5/h4,7H,2-3H2,1H3. The van der Waals surface area contributed by atoms with E-state index in [1.54, 1.807) is 7.11 Å². The van der Waals surface area contributed by atoms with E-state index in [1.807, 2.05) is 0 Å². The van der Waals surface area contributed by atoms with Gasteiger partial charge in [-0.2, -0.15) is 0 Å². The van der Waals surface area contributed by atoms with E-state index < -0.39 is 6.23 Å². The van der Waals surface area contributed by atoms with Crippen LogP contribution >= 0.6 is 0 Å². The lowest BCUT2D eigenvalue weighted by Crippen LogP contribution is -1.94. The van der Waals surface area contributed by atoms with Crippen LogP contribution in [0.3, 0.4) is 0 Å². The van der Waals surface area contributed by atoms with Crippen LogP contribution in [-0.4, -0.2) is 24.3 Å². The predicted octanol–water partition coefficient (Wildman–Crippen LogP) is 0.143. The maximum atomic E-state index is 8.76. The first-order valence-corrected chi connectivity index (χ1v) is 2.61. The lowest BCUT2D eigenvalue weighted by atomic mass is 10.3. The fraction of sp³-hybridized carbons (Fsp3) is 0.800. The number of hydrogen-bond acceptors (Lipinski definition) is 3. The zero-order valence-corrected chi connectivity index (χ0v) is 4.79. The van der Waals surface area contributed by atoms with Crippen molar-refractivity contribution in [1.82, 2.24) is 0 Å². The smallest absolute Gasteiger partial charge is 0.185 e. The predicted molar refractivity (Wildman–Crippen MR) is 29.7 cm³/mol. The van der Waals surface area contributed by atoms with Crippen LogP contribution in [0.5, 0.6) is 0 Å². The molecule has 0 fully saturated rings. The molecule has 1 aliphatic rings. The number of hydrogen-bond donors (Lipinski definition) is 1. The van der Waals surface area contributed by atoms with Crippen molar-refractivity contribution in [1.29, 1.82) is 0 Å². The van der Waals surface area contributed by atoms with Crippen molar-refractivity contribution in [2.75, 3.05) is 7.11 Å². The highest BCUT2D eigenvalue weighted by atomic mass is 16.5. The highest BCUT2D eigenvalue weighted by Crippen LogP contribution is 2.09. The minimum absolute atomic E-state index is 0.509. The molecule has 0 aromatic carbocycles. The van der Waals surface area contributed by atoms with Gasteiger partial charge in [-0.3, -0.25) is 0 Å². The van der Waals surface area contributed by atoms with Gasteiger partial charge in [0.1, 0.15) is 6.23 Å². The molecule has 0 aromatic heterocycles. The van der Waals surface area contributed by atoms with E-state index in [9.17, 15) is 0 Å². The first-order valence-electron chi connectivity index (χ1n) is 2.61. The van der Waals surface area contributed by atoms with Gasteiger partial charge in [0.05, 0.1) is 7.11 Å². The molecule has 1 N–H and O–H groups in total. The summed E-state index contributed by atoms with van der Waals surface area (Å²) in [5.74, 6) is 0.664. The number of methoxy groups -OCH3 is 1. The van der Waals surface area contributed by atoms with E-state index in [0.29, 0.717) is 12.3 Å². The van der Waals surface area contributed by atoms with E-state index in [2.05, 4.69) is 4.99 Å². The Morgan fingerprint density at radius 1 is 1.88 bits per heavy atom. The first-order chi connectivity index (χ1) is 3.83. The Morgan fingerprint density at radius 3 is 2.88 bits per heavy atom. The van der Waals surface area contributed by atoms with Crippen LogP contribution in [0.2, 0.25) is 0 Å². The fourth-order valence-corrected chi connectivity index (χ4v) is 0.703. The second-order valence-electron chi connectivity index (χ2n) is 1.75. The van der Waals surface area contributed by atoms with Gasteiger partial charge in [0.25, 0.3) is 0 Å². The normalized spacial score (nSPS) is 27.8. The van der Waals surface area contributed by atoms with Crippen molar-refractivity contribution in [2.45, 2.75) is 19.1 Å². The number of nitrogens with zero attached hydrogens (tertiary/aromatic N) is 1. The summed E-state index contributed by atoms with van der Waals surface area (Å²) in [4.78, 5) is 3.76. The number of rotatable bonds is 0. The van der Waals surface area contributed by atoms with Crippen LogP contribution < -0.4 is 0 Å². The molecule has 0 bridgehead atoms. The molecule has 0 aliphatic carbocycles. The molecular formula is C5H9NO2. The van der Waals surface area contributed by atoms with Crippen molar-refractivity contribution in [3.8, 4) is 0 Å². The Labute approximate surface area is 48.0 Å². The summed E-state index contributed by atoms with van der Waals surface area (Å²) >= 11 is 0. The number of aliphatic imine (C=N–C) groups is 1. The van der Waals surface area contributed by atoms with Gasteiger partial charge >= 0.3 is 0 Å². The molecule has 0 aromatic rings. The molecular weight excluding hydrogens is 106 g/mol. The highest BCUT2D eigenvalue weighted by molar-refractivity contribution is 5.77. The van der Waals surface area contributed by atoms with Gasteiger partial charge in [0.15, 0.2) is 5.90 Å². The fourth-order valence-electron chi connectivity index (χ4n) is 0.703. The molecule has 1 atom stereocenters. The van der Waals surface area contributed by atoms with Crippen molar-refractivity contribution < 1.29 is 9.84 Å². The monoisotopic (exact) mass is 115 g/mol. The second kappa shape index (κ2) is 2.13. The van der Waals surface area contributed by atoms with Crippen molar-refractivity contribution in [2.24, 2.45) is 4.99 Å². The van der Waals surface area contributed by atoms with Crippen LogP contribution in [-0.2, 0) is 4.74 Å². The maximum absolute atomic E-state index is 8.76. The molecule has 1 unspecified atom stereocenters. The molecule has 0 saturated heterocycles. The molecule has 0 saturated carbocycles. The Hall–Kier alpha value is -0.570. The van der Waals surface area contributed by atoms with E-state index in [-0.39, 0.29) is 0 Å². The van der Waals surface area contributed by atoms with Crippen LogP contribution in [0.25, 0.3) is 0 Å². The zero-order chi connectivity index (χ0) is 5.98. The van der Waals surface area contributed by atoms with E-state index in [1.165, 1.54) is 0 Å². The molecule has 1 rings (SSSR count). The van der Waals surface area contributed by atoms with E-state index in [4.69, 9.17) is 9.84 Å². The molecule has 0 radical (unpaired) electrons. The summed E-state index contributed by atoms with van der Waals surface area (Å²) in [7, 11) is 1.57. The molecule has 0 amide bonds. The largest absolute Gasteiger partial charge is 0.484 e. The Bertz CT molecular complexity index is 111. The van der Waals surface area contributed by atoms with Gasteiger partial charge < -0.3 is 9.84 Å². The van der Waals surface area contributed by atoms with Crippen LogP contribution in [0.1, 0.15) is 12.8 Å². The Balaban J connectivity index is 2.44. The Kier molecular flexibility index (Phi) is 1.48.